The lowest BCUT2D eigenvalue weighted by molar-refractivity contribution is -0.445. The zero-order valence-corrected chi connectivity index (χ0v) is 15.8. The molecule has 0 fully saturated rings. The van der Waals surface area contributed by atoms with E-state index < -0.39 is 58.4 Å². The third-order valence-electron chi connectivity index (χ3n) is 3.95. The number of aromatic nitrogens is 1. The van der Waals surface area contributed by atoms with Crippen molar-refractivity contribution < 1.29 is 75.0 Å². The van der Waals surface area contributed by atoms with Gasteiger partial charge in [0.25, 0.3) is 0 Å². The van der Waals surface area contributed by atoms with Crippen molar-refractivity contribution >= 4 is 23.2 Å². The van der Waals surface area contributed by atoms with Gasteiger partial charge < -0.3 is 5.32 Å². The van der Waals surface area contributed by atoms with Crippen molar-refractivity contribution in [2.75, 3.05) is 5.32 Å². The number of carbonyl (C=O) groups is 1. The Morgan fingerprint density at radius 3 is 1.29 bits per heavy atom. The minimum atomic E-state index is -8.63. The average Bonchev–Trinajstić information content (AvgIpc) is 2.66. The lowest BCUT2D eigenvalue weighted by Crippen LogP contribution is -2.75. The van der Waals surface area contributed by atoms with E-state index in [4.69, 9.17) is 0 Å². The normalized spacial score (nSPS) is 15.3. The monoisotopic (exact) mass is 556 g/mol. The van der Waals surface area contributed by atoms with Gasteiger partial charge in [-0.25, -0.2) is 0 Å². The molecule has 0 aliphatic rings. The van der Waals surface area contributed by atoms with E-state index in [1.54, 1.807) is 0 Å². The van der Waals surface area contributed by atoms with Gasteiger partial charge in [0.15, 0.2) is 0 Å². The molecule has 0 aliphatic carbocycles. The summed E-state index contributed by atoms with van der Waals surface area (Å²) in [5.41, 5.74) is -0.925. The summed E-state index contributed by atoms with van der Waals surface area (Å²) in [5.74, 6) is -60.5. The van der Waals surface area contributed by atoms with Crippen LogP contribution < -0.4 is 5.32 Å². The number of hydrogen-bond acceptors (Lipinski definition) is 2. The van der Waals surface area contributed by atoms with Gasteiger partial charge in [-0.2, -0.15) is 70.2 Å². The summed E-state index contributed by atoms with van der Waals surface area (Å²) < 4.78 is 213. The van der Waals surface area contributed by atoms with Crippen molar-refractivity contribution in [3.63, 3.8) is 0 Å². The fourth-order valence-electron chi connectivity index (χ4n) is 1.95. The molecule has 1 aromatic rings. The summed E-state index contributed by atoms with van der Waals surface area (Å²) >= 11 is 3.41. The number of pyridine rings is 1. The zero-order valence-electron chi connectivity index (χ0n) is 15.1. The van der Waals surface area contributed by atoms with E-state index in [2.05, 4.69) is 16.6 Å². The zero-order chi connectivity index (χ0) is 27.4. The van der Waals surface area contributed by atoms with Gasteiger partial charge in [0, 0.05) is 18.1 Å². The van der Waals surface area contributed by atoms with E-state index in [9.17, 15) is 75.0 Å². The largest absolute Gasteiger partial charge is 0.393 e. The highest BCUT2D eigenvalue weighted by atomic mass is 35.5. The van der Waals surface area contributed by atoms with Gasteiger partial charge in [-0.05, 0) is 23.7 Å². The van der Waals surface area contributed by atoms with Gasteiger partial charge >= 0.3 is 52.7 Å². The predicted molar refractivity (Wildman–Crippen MR) is 78.3 cm³/mol. The molecule has 0 aromatic carbocycles. The molecule has 3 nitrogen and oxygen atoms in total. The van der Waals surface area contributed by atoms with Gasteiger partial charge in [0.1, 0.15) is 0 Å². The molecule has 196 valence electrons. The maximum absolute atomic E-state index is 13.7. The highest BCUT2D eigenvalue weighted by Crippen LogP contribution is 2.64. The highest BCUT2D eigenvalue weighted by molar-refractivity contribution is 6.22. The summed E-state index contributed by atoms with van der Waals surface area (Å²) in [4.78, 5) is 14.5. The number of amides is 1. The molecule has 0 radical (unpaired) electrons. The van der Waals surface area contributed by atoms with E-state index in [1.165, 1.54) is 0 Å². The molecule has 1 heterocycles. The van der Waals surface area contributed by atoms with E-state index in [1.807, 2.05) is 0 Å². The first kappa shape index (κ1) is 29.8. The Labute approximate surface area is 181 Å². The topological polar surface area (TPSA) is 42.0 Å². The number of carbonyl (C=O) groups excluding carboxylic acids is 1. The molecule has 0 saturated heterocycles. The number of alkyl halides is 17. The molecule has 0 saturated carbocycles. The molecular formula is C14H5ClF16N2O. The summed E-state index contributed by atoms with van der Waals surface area (Å²) in [6.07, 6.45) is 1.37. The summed E-state index contributed by atoms with van der Waals surface area (Å²) in [6.45, 7) is 0. The quantitative estimate of drug-likeness (QED) is 0.287. The Morgan fingerprint density at radius 1 is 0.618 bits per heavy atom. The molecule has 20 heteroatoms. The SMILES string of the molecule is O=C(Nc1ccncc1)C(F)(F)C(F)(F)C(F)(F)C(F)(F)C(F)(F)C(F)(F)C(F)(F)C(F)(F)Cl. The van der Waals surface area contributed by atoms with Crippen LogP contribution in [0.1, 0.15) is 0 Å². The molecule has 1 aromatic heterocycles. The average molecular weight is 557 g/mol. The fraction of sp³-hybridized carbons (Fsp3) is 0.571. The lowest BCUT2D eigenvalue weighted by atomic mass is 9.89. The van der Waals surface area contributed by atoms with Crippen LogP contribution in [0, 0.1) is 0 Å². The molecule has 34 heavy (non-hydrogen) atoms. The van der Waals surface area contributed by atoms with Crippen molar-refractivity contribution in [1.82, 2.24) is 4.98 Å². The van der Waals surface area contributed by atoms with Crippen LogP contribution in [-0.4, -0.2) is 57.7 Å². The van der Waals surface area contributed by atoms with Gasteiger partial charge in [-0.1, -0.05) is 0 Å². The lowest BCUT2D eigenvalue weighted by Gasteiger charge is -2.42. The van der Waals surface area contributed by atoms with E-state index in [0.717, 1.165) is 5.32 Å². The van der Waals surface area contributed by atoms with E-state index in [0.29, 0.717) is 24.5 Å². The van der Waals surface area contributed by atoms with Gasteiger partial charge in [0.2, 0.25) is 0 Å². The minimum Gasteiger partial charge on any atom is -0.321 e. The first-order chi connectivity index (χ1) is 14.7. The third-order valence-corrected chi connectivity index (χ3v) is 4.18. The highest BCUT2D eigenvalue weighted by Gasteiger charge is 2.95. The van der Waals surface area contributed by atoms with Crippen molar-refractivity contribution in [3.8, 4) is 0 Å². The molecule has 1 rings (SSSR count). The van der Waals surface area contributed by atoms with E-state index >= 15 is 0 Å². The van der Waals surface area contributed by atoms with Crippen LogP contribution in [-0.2, 0) is 4.79 Å². The van der Waals surface area contributed by atoms with Crippen LogP contribution in [0.15, 0.2) is 24.5 Å². The first-order valence-corrected chi connectivity index (χ1v) is 8.06. The molecule has 0 spiro atoms. The van der Waals surface area contributed by atoms with Crippen molar-refractivity contribution in [2.45, 2.75) is 46.8 Å². The van der Waals surface area contributed by atoms with Gasteiger partial charge in [-0.3, -0.25) is 9.78 Å². The Balaban J connectivity index is 3.57. The number of hydrogen-bond donors (Lipinski definition) is 1. The van der Waals surface area contributed by atoms with Crippen molar-refractivity contribution in [2.24, 2.45) is 0 Å². The fourth-order valence-corrected chi connectivity index (χ4v) is 2.07. The third kappa shape index (κ3) is 3.98. The van der Waals surface area contributed by atoms with Gasteiger partial charge in [-0.15, -0.1) is 0 Å². The molecule has 1 amide bonds. The van der Waals surface area contributed by atoms with Crippen LogP contribution in [0.2, 0.25) is 0 Å². The number of nitrogens with one attached hydrogen (secondary N) is 1. The number of nitrogens with zero attached hydrogens (tertiary/aromatic N) is 1. The Kier molecular flexibility index (Phi) is 7.18. The summed E-state index contributed by atoms with van der Waals surface area (Å²) in [6, 6.07) is 1.09. The van der Waals surface area contributed by atoms with Crippen LogP contribution in [0.25, 0.3) is 0 Å². The second-order valence-electron chi connectivity index (χ2n) is 6.21. The Morgan fingerprint density at radius 2 is 0.941 bits per heavy atom. The molecule has 0 unspecified atom stereocenters. The van der Waals surface area contributed by atoms with Crippen LogP contribution in [0.3, 0.4) is 0 Å². The molecule has 0 aliphatic heterocycles. The second kappa shape index (κ2) is 8.18. The van der Waals surface area contributed by atoms with Crippen molar-refractivity contribution in [1.29, 1.82) is 0 Å². The molecule has 1 N–H and O–H groups in total. The summed E-state index contributed by atoms with van der Waals surface area (Å²) in [7, 11) is 0. The molecular weight excluding hydrogens is 552 g/mol. The van der Waals surface area contributed by atoms with Gasteiger partial charge in [0.05, 0.1) is 0 Å². The molecule has 0 bridgehead atoms. The standard InChI is InChI=1S/C14H5ClF16N2O/c15-14(30,31)13(28,29)12(26,27)11(24,25)10(22,23)9(20,21)8(18,19)7(16,17)6(34)33-5-1-3-32-4-2-5/h1-4H,(H,32,33,34). The van der Waals surface area contributed by atoms with E-state index in [-0.39, 0.29) is 0 Å². The second-order valence-corrected chi connectivity index (χ2v) is 6.68. The minimum absolute atomic E-state index is 0.544. The number of halogens is 17. The maximum atomic E-state index is 13.7. The first-order valence-electron chi connectivity index (χ1n) is 7.68. The number of anilines is 1. The Hall–Kier alpha value is -2.21. The van der Waals surface area contributed by atoms with Crippen molar-refractivity contribution in [3.05, 3.63) is 24.5 Å². The smallest absolute Gasteiger partial charge is 0.321 e. The predicted octanol–water partition coefficient (Wildman–Crippen LogP) is 6.30. The summed E-state index contributed by atoms with van der Waals surface area (Å²) in [5, 5.41) is -6.09. The van der Waals surface area contributed by atoms with Crippen LogP contribution >= 0.6 is 11.6 Å². The Bertz CT molecular complexity index is 899. The number of rotatable bonds is 9. The van der Waals surface area contributed by atoms with Crippen LogP contribution in [0.4, 0.5) is 75.9 Å². The molecule has 0 atom stereocenters. The van der Waals surface area contributed by atoms with Crippen LogP contribution in [0.5, 0.6) is 0 Å². The maximum Gasteiger partial charge on any atom is 0.393 e.